The molecule has 0 aromatic heterocycles. The molecule has 0 N–H and O–H groups in total. The molecule has 0 radical (unpaired) electrons. The van der Waals surface area contributed by atoms with Crippen LogP contribution in [-0.4, -0.2) is 42.9 Å². The number of fused-ring (bicyclic) bond motifs is 1. The van der Waals surface area contributed by atoms with E-state index in [1.54, 1.807) is 17.0 Å². The molecule has 5 nitrogen and oxygen atoms in total. The highest BCUT2D eigenvalue weighted by Gasteiger charge is 2.31. The third kappa shape index (κ3) is 5.91. The standard InChI is InChI=1S/C34H30FN3O2S/c1-24-6-5-9-26(20-24)23-38-30-22-27(10-15-31(30)41-32(34(38)40)21-25-7-3-2-4-8-25)33(39)37-18-16-36(17-19-37)29-13-11-28(35)12-14-29/h2-15,20-22H,16-19,23H2,1H3/b32-21-. The quantitative estimate of drug-likeness (QED) is 0.251. The van der Waals surface area contributed by atoms with Crippen LogP contribution < -0.4 is 9.80 Å². The smallest absolute Gasteiger partial charge is 0.265 e. The van der Waals surface area contributed by atoms with Crippen LogP contribution in [0.2, 0.25) is 0 Å². The van der Waals surface area contributed by atoms with Gasteiger partial charge in [-0.25, -0.2) is 4.39 Å². The molecule has 2 aliphatic heterocycles. The Morgan fingerprint density at radius 3 is 2.37 bits per heavy atom. The maximum atomic E-state index is 13.9. The zero-order valence-electron chi connectivity index (χ0n) is 22.8. The average Bonchev–Trinajstić information content (AvgIpc) is 3.00. The predicted octanol–water partition coefficient (Wildman–Crippen LogP) is 6.78. The van der Waals surface area contributed by atoms with E-state index in [-0.39, 0.29) is 17.6 Å². The SMILES string of the molecule is Cc1cccc(CN2C(=O)/C(=C/c3ccccc3)Sc3ccc(C(=O)N4CCN(c5ccc(F)cc5)CC4)cc32)c1. The topological polar surface area (TPSA) is 43.9 Å². The summed E-state index contributed by atoms with van der Waals surface area (Å²) < 4.78 is 13.3. The molecule has 0 bridgehead atoms. The Hall–Kier alpha value is -4.36. The van der Waals surface area contributed by atoms with Gasteiger partial charge in [-0.05, 0) is 66.6 Å². The fourth-order valence-corrected chi connectivity index (χ4v) is 6.34. The number of nitrogens with zero attached hydrogens (tertiary/aromatic N) is 3. The molecule has 1 saturated heterocycles. The van der Waals surface area contributed by atoms with Crippen LogP contribution in [0.1, 0.15) is 27.0 Å². The first-order valence-corrected chi connectivity index (χ1v) is 14.5. The normalized spacial score (nSPS) is 16.2. The van der Waals surface area contributed by atoms with Gasteiger partial charge in [0.2, 0.25) is 0 Å². The summed E-state index contributed by atoms with van der Waals surface area (Å²) in [5, 5.41) is 0. The van der Waals surface area contributed by atoms with Gasteiger partial charge in [-0.1, -0.05) is 71.9 Å². The highest BCUT2D eigenvalue weighted by molar-refractivity contribution is 8.04. The minimum atomic E-state index is -0.259. The van der Waals surface area contributed by atoms with Crippen molar-refractivity contribution in [2.45, 2.75) is 18.4 Å². The van der Waals surface area contributed by atoms with Gasteiger partial charge in [0, 0.05) is 42.3 Å². The van der Waals surface area contributed by atoms with Gasteiger partial charge in [-0.15, -0.1) is 0 Å². The maximum Gasteiger partial charge on any atom is 0.265 e. The van der Waals surface area contributed by atoms with Crippen LogP contribution in [-0.2, 0) is 11.3 Å². The van der Waals surface area contributed by atoms with Crippen LogP contribution in [0.5, 0.6) is 0 Å². The number of hydrogen-bond acceptors (Lipinski definition) is 4. The molecule has 4 aromatic carbocycles. The number of anilines is 2. The van der Waals surface area contributed by atoms with E-state index in [4.69, 9.17) is 0 Å². The predicted molar refractivity (Wildman–Crippen MR) is 164 cm³/mol. The van der Waals surface area contributed by atoms with Crippen molar-refractivity contribution in [2.24, 2.45) is 0 Å². The van der Waals surface area contributed by atoms with Crippen molar-refractivity contribution in [3.8, 4) is 0 Å². The monoisotopic (exact) mass is 563 g/mol. The van der Waals surface area contributed by atoms with E-state index in [1.165, 1.54) is 23.9 Å². The lowest BCUT2D eigenvalue weighted by atomic mass is 10.1. The van der Waals surface area contributed by atoms with E-state index < -0.39 is 0 Å². The third-order valence-corrected chi connectivity index (χ3v) is 8.53. The molecule has 1 fully saturated rings. The molecule has 0 spiro atoms. The van der Waals surface area contributed by atoms with E-state index in [0.717, 1.165) is 33.0 Å². The van der Waals surface area contributed by atoms with E-state index >= 15 is 0 Å². The second kappa shape index (κ2) is 11.6. The lowest BCUT2D eigenvalue weighted by molar-refractivity contribution is -0.114. The molecule has 0 aliphatic carbocycles. The summed E-state index contributed by atoms with van der Waals surface area (Å²) in [6, 6.07) is 30.1. The number of aryl methyl sites for hydroxylation is 1. The van der Waals surface area contributed by atoms with E-state index in [1.807, 2.05) is 84.6 Å². The van der Waals surface area contributed by atoms with Crippen LogP contribution in [0, 0.1) is 12.7 Å². The van der Waals surface area contributed by atoms with Crippen molar-refractivity contribution in [1.29, 1.82) is 0 Å². The van der Waals surface area contributed by atoms with E-state index in [0.29, 0.717) is 43.2 Å². The number of thioether (sulfide) groups is 1. The van der Waals surface area contributed by atoms with Gasteiger partial charge >= 0.3 is 0 Å². The first-order valence-electron chi connectivity index (χ1n) is 13.7. The third-order valence-electron chi connectivity index (χ3n) is 7.45. The molecular formula is C34H30FN3O2S. The largest absolute Gasteiger partial charge is 0.368 e. The Morgan fingerprint density at radius 1 is 0.878 bits per heavy atom. The van der Waals surface area contributed by atoms with Gasteiger partial charge in [-0.3, -0.25) is 9.59 Å². The molecule has 7 heteroatoms. The summed E-state index contributed by atoms with van der Waals surface area (Å²) in [6.07, 6.45) is 1.93. The molecule has 41 heavy (non-hydrogen) atoms. The van der Waals surface area contributed by atoms with Gasteiger partial charge in [0.25, 0.3) is 11.8 Å². The fraction of sp³-hybridized carbons (Fsp3) is 0.176. The Morgan fingerprint density at radius 2 is 1.63 bits per heavy atom. The van der Waals surface area contributed by atoms with Crippen LogP contribution in [0.15, 0.2) is 107 Å². The van der Waals surface area contributed by atoms with E-state index in [9.17, 15) is 14.0 Å². The fourth-order valence-electron chi connectivity index (χ4n) is 5.30. The van der Waals surface area contributed by atoms with Crippen molar-refractivity contribution >= 4 is 41.0 Å². The number of halogens is 1. The Bertz CT molecular complexity index is 1610. The molecule has 2 aliphatic rings. The molecule has 2 amide bonds. The number of benzene rings is 4. The van der Waals surface area contributed by atoms with Crippen LogP contribution in [0.3, 0.4) is 0 Å². The first-order chi connectivity index (χ1) is 19.9. The van der Waals surface area contributed by atoms with Crippen molar-refractivity contribution in [3.63, 3.8) is 0 Å². The number of carbonyl (C=O) groups is 2. The minimum Gasteiger partial charge on any atom is -0.368 e. The van der Waals surface area contributed by atoms with Crippen molar-refractivity contribution < 1.29 is 14.0 Å². The van der Waals surface area contributed by atoms with Crippen molar-refractivity contribution in [1.82, 2.24) is 4.90 Å². The first kappa shape index (κ1) is 26.8. The second-order valence-electron chi connectivity index (χ2n) is 10.3. The summed E-state index contributed by atoms with van der Waals surface area (Å²) in [6.45, 7) is 4.93. The van der Waals surface area contributed by atoms with Crippen LogP contribution in [0.4, 0.5) is 15.8 Å². The Labute approximate surface area is 243 Å². The lowest BCUT2D eigenvalue weighted by Crippen LogP contribution is -2.48. The molecule has 0 unspecified atom stereocenters. The summed E-state index contributed by atoms with van der Waals surface area (Å²) in [7, 11) is 0. The molecule has 0 atom stereocenters. The van der Waals surface area contributed by atoms with Gasteiger partial charge in [0.15, 0.2) is 0 Å². The van der Waals surface area contributed by atoms with Gasteiger partial charge in [0.05, 0.1) is 17.1 Å². The van der Waals surface area contributed by atoms with Gasteiger partial charge < -0.3 is 14.7 Å². The summed E-state index contributed by atoms with van der Waals surface area (Å²) >= 11 is 1.44. The molecular weight excluding hydrogens is 533 g/mol. The lowest BCUT2D eigenvalue weighted by Gasteiger charge is -2.36. The molecule has 0 saturated carbocycles. The maximum absolute atomic E-state index is 13.9. The summed E-state index contributed by atoms with van der Waals surface area (Å²) in [5.74, 6) is -0.388. The van der Waals surface area contributed by atoms with Crippen LogP contribution >= 0.6 is 11.8 Å². The number of carbonyl (C=O) groups excluding carboxylic acids is 2. The average molecular weight is 564 g/mol. The van der Waals surface area contributed by atoms with Crippen LogP contribution in [0.25, 0.3) is 6.08 Å². The minimum absolute atomic E-state index is 0.0508. The van der Waals surface area contributed by atoms with Gasteiger partial charge in [-0.2, -0.15) is 0 Å². The van der Waals surface area contributed by atoms with E-state index in [2.05, 4.69) is 11.0 Å². The number of piperazine rings is 1. The molecule has 6 rings (SSSR count). The molecule has 206 valence electrons. The summed E-state index contributed by atoms with van der Waals surface area (Å²) in [5.41, 5.74) is 5.40. The Balaban J connectivity index is 1.27. The zero-order valence-corrected chi connectivity index (χ0v) is 23.6. The molecule has 2 heterocycles. The highest BCUT2D eigenvalue weighted by Crippen LogP contribution is 2.43. The Kier molecular flexibility index (Phi) is 7.61. The molecule has 4 aromatic rings. The van der Waals surface area contributed by atoms with Gasteiger partial charge in [0.1, 0.15) is 5.82 Å². The number of hydrogen-bond donors (Lipinski definition) is 0. The zero-order chi connectivity index (χ0) is 28.3. The number of amides is 2. The van der Waals surface area contributed by atoms with Crippen molar-refractivity contribution in [2.75, 3.05) is 36.0 Å². The van der Waals surface area contributed by atoms with Crippen molar-refractivity contribution in [3.05, 3.63) is 130 Å². The number of rotatable bonds is 5. The highest BCUT2D eigenvalue weighted by atomic mass is 32.2. The summed E-state index contributed by atoms with van der Waals surface area (Å²) in [4.78, 5) is 34.9. The second-order valence-corrected chi connectivity index (χ2v) is 11.4.